The van der Waals surface area contributed by atoms with E-state index in [0.29, 0.717) is 24.2 Å². The first-order chi connectivity index (χ1) is 15.6. The summed E-state index contributed by atoms with van der Waals surface area (Å²) >= 11 is 0. The van der Waals surface area contributed by atoms with Gasteiger partial charge in [-0.15, -0.1) is 0 Å². The Kier molecular flexibility index (Phi) is 6.81. The predicted molar refractivity (Wildman–Crippen MR) is 126 cm³/mol. The summed E-state index contributed by atoms with van der Waals surface area (Å²) in [5.41, 5.74) is 3.87. The molecule has 0 spiro atoms. The molecule has 0 bridgehead atoms. The van der Waals surface area contributed by atoms with Gasteiger partial charge in [-0.3, -0.25) is 14.7 Å². The summed E-state index contributed by atoms with van der Waals surface area (Å²) in [7, 11) is 0. The number of hydrogen-bond acceptors (Lipinski definition) is 5. The van der Waals surface area contributed by atoms with Gasteiger partial charge in [0.25, 0.3) is 5.91 Å². The van der Waals surface area contributed by atoms with Crippen LogP contribution in [0.15, 0.2) is 54.6 Å². The fourth-order valence-electron chi connectivity index (χ4n) is 4.24. The highest BCUT2D eigenvalue weighted by Gasteiger charge is 2.29. The van der Waals surface area contributed by atoms with E-state index in [1.54, 1.807) is 0 Å². The van der Waals surface area contributed by atoms with Crippen LogP contribution in [-0.4, -0.2) is 41.0 Å². The third kappa shape index (κ3) is 4.65. The van der Waals surface area contributed by atoms with Crippen molar-refractivity contribution in [2.45, 2.75) is 45.8 Å². The molecule has 0 saturated heterocycles. The molecule has 166 valence electrons. The SMILES string of the molecule is CCCN1CCc2nc3ccccc3c(C(=O)OC(CC)C(=O)Nc3ccccc3)c2C1. The first-order valence-corrected chi connectivity index (χ1v) is 11.3. The minimum Gasteiger partial charge on any atom is -0.449 e. The topological polar surface area (TPSA) is 71.5 Å². The number of rotatable bonds is 7. The molecule has 0 saturated carbocycles. The van der Waals surface area contributed by atoms with Crippen LogP contribution in [0.5, 0.6) is 0 Å². The van der Waals surface area contributed by atoms with E-state index in [0.717, 1.165) is 48.1 Å². The van der Waals surface area contributed by atoms with Crippen LogP contribution < -0.4 is 5.32 Å². The highest BCUT2D eigenvalue weighted by molar-refractivity contribution is 6.06. The van der Waals surface area contributed by atoms with E-state index in [4.69, 9.17) is 9.72 Å². The number of carbonyl (C=O) groups excluding carboxylic acids is 2. The lowest BCUT2D eigenvalue weighted by atomic mass is 9.95. The Morgan fingerprint density at radius 3 is 2.59 bits per heavy atom. The Hall–Kier alpha value is -3.25. The quantitative estimate of drug-likeness (QED) is 0.555. The van der Waals surface area contributed by atoms with Gasteiger partial charge in [-0.25, -0.2) is 4.79 Å². The van der Waals surface area contributed by atoms with Crippen LogP contribution in [0, 0.1) is 0 Å². The molecule has 1 amide bonds. The zero-order valence-electron chi connectivity index (χ0n) is 18.6. The molecule has 0 fully saturated rings. The molecule has 2 heterocycles. The van der Waals surface area contributed by atoms with Crippen molar-refractivity contribution >= 4 is 28.5 Å². The molecule has 1 atom stereocenters. The number of ether oxygens (including phenoxy) is 1. The van der Waals surface area contributed by atoms with Crippen LogP contribution in [0.4, 0.5) is 5.69 Å². The summed E-state index contributed by atoms with van der Waals surface area (Å²) < 4.78 is 5.79. The third-order valence-corrected chi connectivity index (χ3v) is 5.82. The van der Waals surface area contributed by atoms with Crippen LogP contribution in [0.2, 0.25) is 0 Å². The summed E-state index contributed by atoms with van der Waals surface area (Å²) in [6, 6.07) is 16.8. The number of fused-ring (bicyclic) bond motifs is 2. The van der Waals surface area contributed by atoms with Crippen molar-refractivity contribution in [2.24, 2.45) is 0 Å². The number of benzene rings is 2. The van der Waals surface area contributed by atoms with Gasteiger partial charge >= 0.3 is 5.97 Å². The van der Waals surface area contributed by atoms with Crippen molar-refractivity contribution in [2.75, 3.05) is 18.4 Å². The van der Waals surface area contributed by atoms with Gasteiger partial charge in [0.1, 0.15) is 0 Å². The Balaban J connectivity index is 1.65. The number of hydrogen-bond donors (Lipinski definition) is 1. The van der Waals surface area contributed by atoms with Crippen LogP contribution in [0.1, 0.15) is 48.3 Å². The van der Waals surface area contributed by atoms with Crippen molar-refractivity contribution in [1.82, 2.24) is 9.88 Å². The largest absolute Gasteiger partial charge is 0.449 e. The molecule has 1 aliphatic rings. The van der Waals surface area contributed by atoms with Crippen LogP contribution >= 0.6 is 0 Å². The summed E-state index contributed by atoms with van der Waals surface area (Å²) in [6.45, 7) is 6.56. The molecule has 0 aliphatic carbocycles. The number of amides is 1. The van der Waals surface area contributed by atoms with E-state index in [1.807, 2.05) is 61.5 Å². The van der Waals surface area contributed by atoms with Gasteiger partial charge in [0, 0.05) is 41.8 Å². The molecule has 2 aromatic carbocycles. The van der Waals surface area contributed by atoms with Crippen LogP contribution in [0.25, 0.3) is 10.9 Å². The molecule has 4 rings (SSSR count). The number of carbonyl (C=O) groups is 2. The maximum atomic E-state index is 13.5. The molecule has 1 aliphatic heterocycles. The number of pyridine rings is 1. The summed E-state index contributed by atoms with van der Waals surface area (Å²) in [5.74, 6) is -0.792. The van der Waals surface area contributed by atoms with Crippen molar-refractivity contribution in [3.05, 3.63) is 71.4 Å². The lowest BCUT2D eigenvalue weighted by molar-refractivity contribution is -0.124. The highest BCUT2D eigenvalue weighted by Crippen LogP contribution is 2.29. The first kappa shape index (κ1) is 22.0. The molecule has 3 aromatic rings. The molecule has 1 unspecified atom stereocenters. The van der Waals surface area contributed by atoms with E-state index in [1.165, 1.54) is 0 Å². The number of para-hydroxylation sites is 2. The molecular weight excluding hydrogens is 402 g/mol. The fraction of sp³-hybridized carbons (Fsp3) is 0.346. The van der Waals surface area contributed by atoms with Crippen LogP contribution in [0.3, 0.4) is 0 Å². The Morgan fingerprint density at radius 2 is 1.84 bits per heavy atom. The van der Waals surface area contributed by atoms with Gasteiger partial charge in [0.2, 0.25) is 0 Å². The third-order valence-electron chi connectivity index (χ3n) is 5.82. The number of anilines is 1. The Bertz CT molecular complexity index is 1110. The Labute approximate surface area is 188 Å². The number of aromatic nitrogens is 1. The van der Waals surface area contributed by atoms with Crippen molar-refractivity contribution < 1.29 is 14.3 Å². The van der Waals surface area contributed by atoms with Gasteiger partial charge < -0.3 is 10.1 Å². The predicted octanol–water partition coefficient (Wildman–Crippen LogP) is 4.58. The molecule has 32 heavy (non-hydrogen) atoms. The molecular formula is C26H29N3O3. The van der Waals surface area contributed by atoms with Crippen molar-refractivity contribution in [3.63, 3.8) is 0 Å². The Morgan fingerprint density at radius 1 is 1.09 bits per heavy atom. The minimum atomic E-state index is -0.874. The van der Waals surface area contributed by atoms with Gasteiger partial charge in [-0.2, -0.15) is 0 Å². The molecule has 0 radical (unpaired) electrons. The van der Waals surface area contributed by atoms with Crippen molar-refractivity contribution in [3.8, 4) is 0 Å². The van der Waals surface area contributed by atoms with E-state index in [-0.39, 0.29) is 5.91 Å². The second-order valence-electron chi connectivity index (χ2n) is 8.11. The fourth-order valence-corrected chi connectivity index (χ4v) is 4.24. The van der Waals surface area contributed by atoms with E-state index >= 15 is 0 Å². The van der Waals surface area contributed by atoms with E-state index in [9.17, 15) is 9.59 Å². The zero-order chi connectivity index (χ0) is 22.5. The van der Waals surface area contributed by atoms with Crippen molar-refractivity contribution in [1.29, 1.82) is 0 Å². The van der Waals surface area contributed by atoms with Gasteiger partial charge in [0.15, 0.2) is 6.10 Å². The lowest BCUT2D eigenvalue weighted by Crippen LogP contribution is -2.35. The van der Waals surface area contributed by atoms with Crippen LogP contribution in [-0.2, 0) is 22.5 Å². The molecule has 1 N–H and O–H groups in total. The number of esters is 1. The molecule has 6 heteroatoms. The summed E-state index contributed by atoms with van der Waals surface area (Å²) in [4.78, 5) is 33.4. The van der Waals surface area contributed by atoms with Gasteiger partial charge in [0.05, 0.1) is 11.1 Å². The maximum absolute atomic E-state index is 13.5. The monoisotopic (exact) mass is 431 g/mol. The van der Waals surface area contributed by atoms with E-state index < -0.39 is 12.1 Å². The normalized spacial score (nSPS) is 14.6. The molecule has 6 nitrogen and oxygen atoms in total. The summed E-state index contributed by atoms with van der Waals surface area (Å²) in [5, 5.41) is 3.61. The smallest absolute Gasteiger partial charge is 0.340 e. The summed E-state index contributed by atoms with van der Waals surface area (Å²) in [6.07, 6.45) is 1.36. The maximum Gasteiger partial charge on any atom is 0.340 e. The number of nitrogens with zero attached hydrogens (tertiary/aromatic N) is 2. The standard InChI is InChI=1S/C26H29N3O3/c1-3-15-29-16-14-22-20(17-29)24(19-12-8-9-13-21(19)28-22)26(31)32-23(4-2)25(30)27-18-10-6-5-7-11-18/h5-13,23H,3-4,14-17H2,1-2H3,(H,27,30). The van der Waals surface area contributed by atoms with Gasteiger partial charge in [-0.05, 0) is 37.6 Å². The van der Waals surface area contributed by atoms with E-state index in [2.05, 4.69) is 17.1 Å². The number of nitrogens with one attached hydrogen (secondary N) is 1. The average molecular weight is 432 g/mol. The first-order valence-electron chi connectivity index (χ1n) is 11.3. The highest BCUT2D eigenvalue weighted by atomic mass is 16.5. The second-order valence-corrected chi connectivity index (χ2v) is 8.11. The average Bonchev–Trinajstić information content (AvgIpc) is 2.81. The zero-order valence-corrected chi connectivity index (χ0v) is 18.6. The molecule has 1 aromatic heterocycles. The second kappa shape index (κ2) is 9.92. The minimum absolute atomic E-state index is 0.327. The van der Waals surface area contributed by atoms with Gasteiger partial charge in [-0.1, -0.05) is 50.2 Å². The lowest BCUT2D eigenvalue weighted by Gasteiger charge is -2.30.